The average molecular weight is 379 g/mol. The van der Waals surface area contributed by atoms with Gasteiger partial charge in [0.25, 0.3) is 0 Å². The Hall–Kier alpha value is -2.56. The summed E-state index contributed by atoms with van der Waals surface area (Å²) in [5.41, 5.74) is 5.27. The van der Waals surface area contributed by atoms with Crippen LogP contribution in [0, 0.1) is 6.92 Å². The van der Waals surface area contributed by atoms with Gasteiger partial charge < -0.3 is 14.5 Å². The molecule has 2 aromatic heterocycles. The Morgan fingerprint density at radius 1 is 1.11 bits per heavy atom. The minimum Gasteiger partial charge on any atom is -0.488 e. The molecule has 0 bridgehead atoms. The molecule has 1 fully saturated rings. The fourth-order valence-electron chi connectivity index (χ4n) is 3.77. The maximum Gasteiger partial charge on any atom is 0.124 e. The van der Waals surface area contributed by atoms with Crippen molar-refractivity contribution in [3.63, 3.8) is 0 Å². The summed E-state index contributed by atoms with van der Waals surface area (Å²) in [6, 6.07) is 14.2. The molecule has 1 saturated heterocycles. The third-order valence-corrected chi connectivity index (χ3v) is 5.36. The van der Waals surface area contributed by atoms with Gasteiger partial charge in [-0.15, -0.1) is 0 Å². The van der Waals surface area contributed by atoms with Crippen LogP contribution in [0.1, 0.15) is 12.1 Å². The number of nitrogens with zero attached hydrogens (tertiary/aromatic N) is 1. The van der Waals surface area contributed by atoms with E-state index in [0.717, 1.165) is 62.4 Å². The van der Waals surface area contributed by atoms with Crippen LogP contribution in [0.4, 0.5) is 0 Å². The predicted octanol–water partition coefficient (Wildman–Crippen LogP) is 5.51. The van der Waals surface area contributed by atoms with Crippen LogP contribution in [0.2, 0.25) is 5.02 Å². The highest BCUT2D eigenvalue weighted by Gasteiger charge is 2.17. The third kappa shape index (κ3) is 2.95. The van der Waals surface area contributed by atoms with E-state index >= 15 is 0 Å². The first-order chi connectivity index (χ1) is 13.2. The highest BCUT2D eigenvalue weighted by Crippen LogP contribution is 2.37. The molecule has 0 spiro atoms. The topological polar surface area (TPSA) is 47.1 Å². The van der Waals surface area contributed by atoms with Crippen molar-refractivity contribution in [2.75, 3.05) is 13.2 Å². The Balaban J connectivity index is 1.59. The van der Waals surface area contributed by atoms with Crippen LogP contribution < -0.4 is 4.74 Å². The van der Waals surface area contributed by atoms with Crippen molar-refractivity contribution < 1.29 is 9.47 Å². The van der Waals surface area contributed by atoms with Crippen LogP contribution in [0.3, 0.4) is 0 Å². The van der Waals surface area contributed by atoms with Gasteiger partial charge in [-0.2, -0.15) is 0 Å². The predicted molar refractivity (Wildman–Crippen MR) is 109 cm³/mol. The summed E-state index contributed by atoms with van der Waals surface area (Å²) in [6.07, 6.45) is 2.93. The highest BCUT2D eigenvalue weighted by molar-refractivity contribution is 6.32. The molecule has 1 unspecified atom stereocenters. The first-order valence-corrected chi connectivity index (χ1v) is 9.48. The number of rotatable bonds is 3. The minimum absolute atomic E-state index is 0.151. The molecule has 1 N–H and O–H groups in total. The second-order valence-corrected chi connectivity index (χ2v) is 7.38. The van der Waals surface area contributed by atoms with Crippen molar-refractivity contribution in [2.24, 2.45) is 0 Å². The number of ether oxygens (including phenoxy) is 2. The number of aromatic nitrogens is 2. The van der Waals surface area contributed by atoms with Crippen LogP contribution in [0.25, 0.3) is 32.9 Å². The fraction of sp³-hybridized carbons (Fsp3) is 0.227. The lowest BCUT2D eigenvalue weighted by molar-refractivity contribution is 0.141. The van der Waals surface area contributed by atoms with Gasteiger partial charge in [0.2, 0.25) is 0 Å². The summed E-state index contributed by atoms with van der Waals surface area (Å²) < 4.78 is 11.3. The lowest BCUT2D eigenvalue weighted by atomic mass is 10.0. The number of hydrogen-bond acceptors (Lipinski definition) is 3. The van der Waals surface area contributed by atoms with Crippen LogP contribution in [0.5, 0.6) is 5.75 Å². The monoisotopic (exact) mass is 378 g/mol. The number of pyridine rings is 1. The molecule has 2 aromatic carbocycles. The van der Waals surface area contributed by atoms with Crippen molar-refractivity contribution >= 4 is 33.4 Å². The smallest absolute Gasteiger partial charge is 0.124 e. The van der Waals surface area contributed by atoms with Gasteiger partial charge in [0.1, 0.15) is 11.9 Å². The lowest BCUT2D eigenvalue weighted by Crippen LogP contribution is -2.15. The van der Waals surface area contributed by atoms with Gasteiger partial charge in [-0.1, -0.05) is 23.7 Å². The van der Waals surface area contributed by atoms with Crippen molar-refractivity contribution in [3.8, 4) is 16.9 Å². The molecule has 3 heterocycles. The maximum atomic E-state index is 6.45. The summed E-state index contributed by atoms with van der Waals surface area (Å²) in [5, 5.41) is 2.97. The zero-order valence-corrected chi connectivity index (χ0v) is 15.7. The second kappa shape index (κ2) is 6.55. The fourth-order valence-corrected chi connectivity index (χ4v) is 3.98. The standard InChI is InChI=1S/C22H19ClN2O2/c1-13-21-18(6-8-24-13)20-11-15(23)10-19(22(20)25-21)14-2-4-16(5-3-14)27-17-7-9-26-12-17/h2-6,8,10-11,17,25H,7,9,12H2,1H3. The van der Waals surface area contributed by atoms with E-state index in [1.165, 1.54) is 0 Å². The number of fused-ring (bicyclic) bond motifs is 3. The van der Waals surface area contributed by atoms with Crippen LogP contribution in [-0.2, 0) is 4.74 Å². The van der Waals surface area contributed by atoms with Gasteiger partial charge in [0, 0.05) is 34.0 Å². The Morgan fingerprint density at radius 3 is 2.74 bits per heavy atom. The molecule has 4 nitrogen and oxygen atoms in total. The number of hydrogen-bond donors (Lipinski definition) is 1. The molecule has 136 valence electrons. The third-order valence-electron chi connectivity index (χ3n) is 5.14. The molecule has 4 aromatic rings. The van der Waals surface area contributed by atoms with E-state index in [9.17, 15) is 0 Å². The van der Waals surface area contributed by atoms with Gasteiger partial charge in [-0.25, -0.2) is 0 Å². The van der Waals surface area contributed by atoms with Crippen molar-refractivity contribution in [2.45, 2.75) is 19.4 Å². The van der Waals surface area contributed by atoms with Crippen molar-refractivity contribution in [3.05, 3.63) is 59.4 Å². The summed E-state index contributed by atoms with van der Waals surface area (Å²) in [5.74, 6) is 0.865. The molecule has 0 aliphatic carbocycles. The highest BCUT2D eigenvalue weighted by atomic mass is 35.5. The van der Waals surface area contributed by atoms with Gasteiger partial charge in [0.05, 0.1) is 29.9 Å². The largest absolute Gasteiger partial charge is 0.488 e. The summed E-state index contributed by atoms with van der Waals surface area (Å²) in [6.45, 7) is 3.45. The van der Waals surface area contributed by atoms with E-state index in [1.54, 1.807) is 0 Å². The zero-order valence-electron chi connectivity index (χ0n) is 15.0. The van der Waals surface area contributed by atoms with Crippen LogP contribution >= 0.6 is 11.6 Å². The minimum atomic E-state index is 0.151. The molecule has 0 saturated carbocycles. The van der Waals surface area contributed by atoms with E-state index in [0.29, 0.717) is 6.61 Å². The Kier molecular flexibility index (Phi) is 4.03. The Bertz CT molecular complexity index is 1130. The number of aryl methyl sites for hydroxylation is 1. The molecule has 0 amide bonds. The molecule has 1 atom stereocenters. The summed E-state index contributed by atoms with van der Waals surface area (Å²) in [4.78, 5) is 7.94. The number of halogens is 1. The zero-order chi connectivity index (χ0) is 18.4. The normalized spacial score (nSPS) is 17.0. The van der Waals surface area contributed by atoms with Gasteiger partial charge >= 0.3 is 0 Å². The lowest BCUT2D eigenvalue weighted by Gasteiger charge is -2.12. The first kappa shape index (κ1) is 16.6. The summed E-state index contributed by atoms with van der Waals surface area (Å²) >= 11 is 6.45. The van der Waals surface area contributed by atoms with E-state index in [-0.39, 0.29) is 6.10 Å². The molecule has 5 heteroatoms. The molecule has 0 radical (unpaired) electrons. The van der Waals surface area contributed by atoms with Gasteiger partial charge in [-0.3, -0.25) is 4.98 Å². The van der Waals surface area contributed by atoms with Crippen molar-refractivity contribution in [1.29, 1.82) is 0 Å². The van der Waals surface area contributed by atoms with Crippen LogP contribution in [-0.4, -0.2) is 29.3 Å². The number of nitrogens with one attached hydrogen (secondary N) is 1. The summed E-state index contributed by atoms with van der Waals surface area (Å²) in [7, 11) is 0. The maximum absolute atomic E-state index is 6.45. The van der Waals surface area contributed by atoms with E-state index in [1.807, 2.05) is 43.5 Å². The van der Waals surface area contributed by atoms with Crippen molar-refractivity contribution in [1.82, 2.24) is 9.97 Å². The molecular formula is C22H19ClN2O2. The Morgan fingerprint density at radius 2 is 1.96 bits per heavy atom. The molecule has 5 rings (SSSR count). The number of aromatic amines is 1. The quantitative estimate of drug-likeness (QED) is 0.511. The SMILES string of the molecule is Cc1nccc2c1[nH]c1c(-c3ccc(OC4CCOC4)cc3)cc(Cl)cc12. The van der Waals surface area contributed by atoms with E-state index in [4.69, 9.17) is 21.1 Å². The number of benzene rings is 2. The van der Waals surface area contributed by atoms with Gasteiger partial charge in [-0.05, 0) is 42.8 Å². The molecule has 1 aliphatic rings. The van der Waals surface area contributed by atoms with E-state index in [2.05, 4.69) is 22.1 Å². The van der Waals surface area contributed by atoms with E-state index < -0.39 is 0 Å². The second-order valence-electron chi connectivity index (χ2n) is 6.95. The Labute approximate surface area is 162 Å². The molecule has 1 aliphatic heterocycles. The average Bonchev–Trinajstić information content (AvgIpc) is 3.31. The molecule has 27 heavy (non-hydrogen) atoms. The number of H-pyrrole nitrogens is 1. The molecular weight excluding hydrogens is 360 g/mol. The van der Waals surface area contributed by atoms with Crippen LogP contribution in [0.15, 0.2) is 48.7 Å². The van der Waals surface area contributed by atoms with Gasteiger partial charge in [0.15, 0.2) is 0 Å². The first-order valence-electron chi connectivity index (χ1n) is 9.10.